The van der Waals surface area contributed by atoms with Crippen LogP contribution >= 0.6 is 24.0 Å². The molecule has 0 aromatic carbocycles. The summed E-state index contributed by atoms with van der Waals surface area (Å²) in [5, 5.41) is 3.70. The normalized spacial score (nSPS) is 36.3. The third kappa shape index (κ3) is 3.63. The molecule has 25 heavy (non-hydrogen) atoms. The third-order valence-electron chi connectivity index (χ3n) is 6.11. The number of esters is 1. The fourth-order valence-electron chi connectivity index (χ4n) is 4.74. The van der Waals surface area contributed by atoms with E-state index in [9.17, 15) is 4.79 Å². The number of rotatable bonds is 3. The molecule has 0 bridgehead atoms. The van der Waals surface area contributed by atoms with Crippen LogP contribution in [-0.2, 0) is 14.3 Å². The standard InChI is InChI=1S/C18H31N3O3.HI/c1-6-19-17(21-9-11(2)13(10-21)16(22)23-5)20-14-12-7-8-24-15(12)18(14,3)4;/h11-15H,6-10H2,1-5H3,(H,19,20);1H. The van der Waals surface area contributed by atoms with Crippen molar-refractivity contribution < 1.29 is 14.3 Å². The summed E-state index contributed by atoms with van der Waals surface area (Å²) in [5.74, 6) is 1.58. The van der Waals surface area contributed by atoms with Crippen LogP contribution in [-0.4, -0.2) is 62.3 Å². The van der Waals surface area contributed by atoms with E-state index in [0.29, 0.717) is 24.6 Å². The van der Waals surface area contributed by atoms with Gasteiger partial charge in [-0.2, -0.15) is 0 Å². The number of methoxy groups -OCH3 is 1. The number of nitrogens with zero attached hydrogens (tertiary/aromatic N) is 2. The molecule has 2 saturated heterocycles. The van der Waals surface area contributed by atoms with Crippen LogP contribution < -0.4 is 5.32 Å². The van der Waals surface area contributed by atoms with Crippen molar-refractivity contribution in [2.45, 2.75) is 46.3 Å². The molecule has 5 atom stereocenters. The van der Waals surface area contributed by atoms with Crippen LogP contribution in [0.5, 0.6) is 0 Å². The molecule has 144 valence electrons. The fraction of sp³-hybridized carbons (Fsp3) is 0.889. The average Bonchev–Trinajstić information content (AvgIpc) is 3.16. The van der Waals surface area contributed by atoms with Gasteiger partial charge in [-0.15, -0.1) is 24.0 Å². The van der Waals surface area contributed by atoms with Crippen molar-refractivity contribution in [2.75, 3.05) is 33.4 Å². The van der Waals surface area contributed by atoms with Crippen molar-refractivity contribution in [3.8, 4) is 0 Å². The van der Waals surface area contributed by atoms with Crippen molar-refractivity contribution >= 4 is 35.9 Å². The molecule has 6 nitrogen and oxygen atoms in total. The molecule has 0 aromatic rings. The lowest BCUT2D eigenvalue weighted by Gasteiger charge is -2.55. The molecule has 3 rings (SSSR count). The number of carbonyl (C=O) groups is 1. The summed E-state index contributed by atoms with van der Waals surface area (Å²) < 4.78 is 10.8. The zero-order chi connectivity index (χ0) is 17.5. The molecule has 3 fully saturated rings. The molecule has 2 heterocycles. The van der Waals surface area contributed by atoms with Gasteiger partial charge in [-0.1, -0.05) is 20.8 Å². The Balaban J connectivity index is 0.00000225. The SMILES string of the molecule is CCN=C(NC1C2CCOC2C1(C)C)N1CC(C)C(C(=O)OC)C1.I. The molecule has 3 aliphatic rings. The summed E-state index contributed by atoms with van der Waals surface area (Å²) in [6.45, 7) is 11.8. The second kappa shape index (κ2) is 7.98. The quantitative estimate of drug-likeness (QED) is 0.300. The summed E-state index contributed by atoms with van der Waals surface area (Å²) in [5.41, 5.74) is 0.114. The maximum absolute atomic E-state index is 12.0. The number of likely N-dealkylation sites (tertiary alicyclic amines) is 1. The van der Waals surface area contributed by atoms with Crippen molar-refractivity contribution in [1.82, 2.24) is 10.2 Å². The largest absolute Gasteiger partial charge is 0.469 e. The predicted octanol–water partition coefficient (Wildman–Crippen LogP) is 2.12. The number of guanidine groups is 1. The Bertz CT molecular complexity index is 526. The highest BCUT2D eigenvalue weighted by atomic mass is 127. The third-order valence-corrected chi connectivity index (χ3v) is 6.11. The van der Waals surface area contributed by atoms with E-state index in [4.69, 9.17) is 14.5 Å². The Morgan fingerprint density at radius 1 is 1.40 bits per heavy atom. The lowest BCUT2D eigenvalue weighted by Crippen LogP contribution is -2.68. The number of hydrogen-bond donors (Lipinski definition) is 1. The predicted molar refractivity (Wildman–Crippen MR) is 108 cm³/mol. The highest BCUT2D eigenvalue weighted by Crippen LogP contribution is 2.52. The van der Waals surface area contributed by atoms with Crippen LogP contribution in [0.4, 0.5) is 0 Å². The summed E-state index contributed by atoms with van der Waals surface area (Å²) in [6.07, 6.45) is 1.48. The molecule has 2 aliphatic heterocycles. The maximum atomic E-state index is 12.0. The molecular weight excluding hydrogens is 433 g/mol. The molecule has 7 heteroatoms. The zero-order valence-corrected chi connectivity index (χ0v) is 18.3. The number of carbonyl (C=O) groups excluding carboxylic acids is 1. The van der Waals surface area contributed by atoms with Crippen molar-refractivity contribution in [2.24, 2.45) is 28.2 Å². The van der Waals surface area contributed by atoms with Gasteiger partial charge in [-0.25, -0.2) is 0 Å². The molecule has 1 saturated carbocycles. The summed E-state index contributed by atoms with van der Waals surface area (Å²) >= 11 is 0. The minimum Gasteiger partial charge on any atom is -0.469 e. The van der Waals surface area contributed by atoms with Crippen LogP contribution in [0.25, 0.3) is 0 Å². The highest BCUT2D eigenvalue weighted by molar-refractivity contribution is 14.0. The molecule has 1 N–H and O–H groups in total. The van der Waals surface area contributed by atoms with Gasteiger partial charge >= 0.3 is 5.97 Å². The van der Waals surface area contributed by atoms with Crippen LogP contribution in [0.15, 0.2) is 4.99 Å². The molecular formula is C18H32IN3O3. The Morgan fingerprint density at radius 3 is 2.76 bits per heavy atom. The van der Waals surface area contributed by atoms with Gasteiger partial charge in [0, 0.05) is 43.6 Å². The van der Waals surface area contributed by atoms with Gasteiger partial charge in [0.1, 0.15) is 0 Å². The maximum Gasteiger partial charge on any atom is 0.310 e. The van der Waals surface area contributed by atoms with Crippen LogP contribution in [0.3, 0.4) is 0 Å². The van der Waals surface area contributed by atoms with Crippen LogP contribution in [0, 0.1) is 23.2 Å². The van der Waals surface area contributed by atoms with Crippen LogP contribution in [0.1, 0.15) is 34.1 Å². The molecule has 0 radical (unpaired) electrons. The van der Waals surface area contributed by atoms with E-state index in [-0.39, 0.29) is 47.2 Å². The number of ether oxygens (including phenoxy) is 2. The Kier molecular flexibility index (Phi) is 6.62. The molecule has 0 amide bonds. The van der Waals surface area contributed by atoms with E-state index in [0.717, 1.165) is 32.1 Å². The molecule has 0 aromatic heterocycles. The van der Waals surface area contributed by atoms with Crippen molar-refractivity contribution in [1.29, 1.82) is 0 Å². The molecule has 5 unspecified atom stereocenters. The summed E-state index contributed by atoms with van der Waals surface area (Å²) in [6, 6.07) is 0.378. The van der Waals surface area contributed by atoms with E-state index in [1.165, 1.54) is 7.11 Å². The number of hydrogen-bond acceptors (Lipinski definition) is 4. The van der Waals surface area contributed by atoms with Crippen molar-refractivity contribution in [3.05, 3.63) is 0 Å². The first-order valence-electron chi connectivity index (χ1n) is 9.15. The van der Waals surface area contributed by atoms with Crippen molar-refractivity contribution in [3.63, 3.8) is 0 Å². The van der Waals surface area contributed by atoms with Gasteiger partial charge in [0.2, 0.25) is 0 Å². The Morgan fingerprint density at radius 2 is 2.12 bits per heavy atom. The first kappa shape index (κ1) is 20.7. The van der Waals surface area contributed by atoms with E-state index < -0.39 is 0 Å². The highest BCUT2D eigenvalue weighted by Gasteiger charge is 2.59. The van der Waals surface area contributed by atoms with E-state index in [1.807, 2.05) is 6.92 Å². The second-order valence-corrected chi connectivity index (χ2v) is 8.00. The van der Waals surface area contributed by atoms with Gasteiger partial charge in [0.15, 0.2) is 5.96 Å². The Labute approximate surface area is 168 Å². The van der Waals surface area contributed by atoms with Gasteiger partial charge in [-0.05, 0) is 19.3 Å². The van der Waals surface area contributed by atoms with E-state index in [1.54, 1.807) is 0 Å². The molecule has 1 aliphatic carbocycles. The van der Waals surface area contributed by atoms with Gasteiger partial charge < -0.3 is 19.7 Å². The topological polar surface area (TPSA) is 63.2 Å². The monoisotopic (exact) mass is 465 g/mol. The van der Waals surface area contributed by atoms with E-state index >= 15 is 0 Å². The fourth-order valence-corrected chi connectivity index (χ4v) is 4.74. The first-order chi connectivity index (χ1) is 11.4. The number of aliphatic imine (C=N–C) groups is 1. The lowest BCUT2D eigenvalue weighted by atomic mass is 9.57. The van der Waals surface area contributed by atoms with Crippen LogP contribution in [0.2, 0.25) is 0 Å². The van der Waals surface area contributed by atoms with Gasteiger partial charge in [-0.3, -0.25) is 9.79 Å². The van der Waals surface area contributed by atoms with Gasteiger partial charge in [0.25, 0.3) is 0 Å². The second-order valence-electron chi connectivity index (χ2n) is 8.00. The lowest BCUT2D eigenvalue weighted by molar-refractivity contribution is -0.146. The molecule has 0 spiro atoms. The Hall–Kier alpha value is -0.570. The number of nitrogens with one attached hydrogen (secondary N) is 1. The summed E-state index contributed by atoms with van der Waals surface area (Å²) in [4.78, 5) is 18.9. The average molecular weight is 465 g/mol. The smallest absolute Gasteiger partial charge is 0.310 e. The summed E-state index contributed by atoms with van der Waals surface area (Å²) in [7, 11) is 1.47. The van der Waals surface area contributed by atoms with Gasteiger partial charge in [0.05, 0.1) is 19.1 Å². The first-order valence-corrected chi connectivity index (χ1v) is 9.15. The van der Waals surface area contributed by atoms with E-state index in [2.05, 4.69) is 31.0 Å². The minimum atomic E-state index is -0.117. The number of halogens is 1. The number of fused-ring (bicyclic) bond motifs is 1. The zero-order valence-electron chi connectivity index (χ0n) is 15.9. The minimum absolute atomic E-state index is 0.